The number of carbonyl (C=O) groups excluding carboxylic acids is 2. The van der Waals surface area contributed by atoms with E-state index in [2.05, 4.69) is 20.6 Å². The predicted octanol–water partition coefficient (Wildman–Crippen LogP) is -1.50. The Labute approximate surface area is 161 Å². The second-order valence-corrected chi connectivity index (χ2v) is 7.59. The number of nitrogens with one attached hydrogen (secondary N) is 2. The molecule has 0 unspecified atom stereocenters. The van der Waals surface area contributed by atoms with Crippen LogP contribution in [0.1, 0.15) is 27.2 Å². The van der Waals surface area contributed by atoms with Crippen LogP contribution in [-0.4, -0.2) is 77.5 Å². The van der Waals surface area contributed by atoms with Gasteiger partial charge >= 0.3 is 0 Å². The highest BCUT2D eigenvalue weighted by Gasteiger charge is 2.65. The number of carbonyl (C=O) groups is 2. The first-order valence-corrected chi connectivity index (χ1v) is 8.79. The fraction of sp³-hybridized carbons (Fsp3) is 0.706. The van der Waals surface area contributed by atoms with Crippen LogP contribution in [0.15, 0.2) is 16.8 Å². The first kappa shape index (κ1) is 20.7. The lowest BCUT2D eigenvalue weighted by Gasteiger charge is -2.50. The number of amides is 2. The molecule has 2 bridgehead atoms. The smallest absolute Gasteiger partial charge is 0.280 e. The van der Waals surface area contributed by atoms with Crippen molar-refractivity contribution in [3.63, 3.8) is 0 Å². The summed E-state index contributed by atoms with van der Waals surface area (Å²) in [6, 6.07) is 0. The second-order valence-electron chi connectivity index (χ2n) is 7.59. The van der Waals surface area contributed by atoms with Gasteiger partial charge in [0, 0.05) is 0 Å². The number of piperazine rings is 1. The molecule has 4 heterocycles. The van der Waals surface area contributed by atoms with Crippen LogP contribution in [0.3, 0.4) is 0 Å². The van der Waals surface area contributed by atoms with Crippen LogP contribution < -0.4 is 10.6 Å². The maximum atomic E-state index is 12.9. The van der Waals surface area contributed by atoms with E-state index in [0.29, 0.717) is 0 Å². The average Bonchev–Trinajstić information content (AvgIpc) is 2.90. The lowest BCUT2D eigenvalue weighted by atomic mass is 9.84. The molecule has 28 heavy (non-hydrogen) atoms. The highest BCUT2D eigenvalue weighted by atomic mass is 16.8. The maximum Gasteiger partial charge on any atom is 0.280 e. The van der Waals surface area contributed by atoms with Gasteiger partial charge in [-0.25, -0.2) is 0 Å². The van der Waals surface area contributed by atoms with Crippen molar-refractivity contribution in [2.24, 2.45) is 5.16 Å². The molecule has 4 atom stereocenters. The summed E-state index contributed by atoms with van der Waals surface area (Å²) in [5, 5.41) is 30.0. The van der Waals surface area contributed by atoms with Crippen LogP contribution in [0.25, 0.3) is 0 Å². The fourth-order valence-electron chi connectivity index (χ4n) is 3.62. The van der Waals surface area contributed by atoms with Gasteiger partial charge in [-0.05, 0) is 38.8 Å². The minimum atomic E-state index is -2.31. The molecule has 4 aliphatic heterocycles. The molecule has 0 spiro atoms. The molecule has 156 valence electrons. The first-order valence-electron chi connectivity index (χ1n) is 8.79. The van der Waals surface area contributed by atoms with E-state index in [9.17, 15) is 19.8 Å². The predicted molar refractivity (Wildman–Crippen MR) is 93.6 cm³/mol. The molecule has 0 aromatic rings. The number of allylic oxidation sites excluding steroid dienone is 1. The van der Waals surface area contributed by atoms with Crippen LogP contribution in [-0.2, 0) is 28.6 Å². The summed E-state index contributed by atoms with van der Waals surface area (Å²) in [5.74, 6) is -2.85. The Bertz CT molecular complexity index is 738. The van der Waals surface area contributed by atoms with E-state index in [1.54, 1.807) is 20.8 Å². The zero-order valence-corrected chi connectivity index (χ0v) is 16.1. The molecular weight excluding hydrogens is 374 g/mol. The molecular formula is C17H25N3O8. The van der Waals surface area contributed by atoms with Gasteiger partial charge in [-0.15, -0.1) is 0 Å². The van der Waals surface area contributed by atoms with Crippen molar-refractivity contribution in [2.45, 2.75) is 56.1 Å². The Morgan fingerprint density at radius 1 is 1.21 bits per heavy atom. The highest BCUT2D eigenvalue weighted by molar-refractivity contribution is 6.03. The molecule has 0 aromatic heterocycles. The minimum absolute atomic E-state index is 0.0294. The van der Waals surface area contributed by atoms with Crippen molar-refractivity contribution >= 4 is 18.0 Å². The molecule has 0 aromatic carbocycles. The Morgan fingerprint density at radius 2 is 1.93 bits per heavy atom. The molecule has 4 saturated heterocycles. The summed E-state index contributed by atoms with van der Waals surface area (Å²) in [6.45, 7) is 4.78. The summed E-state index contributed by atoms with van der Waals surface area (Å²) in [5.41, 5.74) is -5.65. The summed E-state index contributed by atoms with van der Waals surface area (Å²) >= 11 is 0. The van der Waals surface area contributed by atoms with Gasteiger partial charge in [0.15, 0.2) is 5.79 Å². The van der Waals surface area contributed by atoms with Crippen molar-refractivity contribution in [3.05, 3.63) is 11.6 Å². The summed E-state index contributed by atoms with van der Waals surface area (Å²) < 4.78 is 17.0. The normalized spacial score (nSPS) is 40.1. The molecule has 0 aliphatic carbocycles. The third kappa shape index (κ3) is 3.18. The zero-order valence-electron chi connectivity index (χ0n) is 16.1. The molecule has 4 N–H and O–H groups in total. The molecule has 4 rings (SSSR count). The van der Waals surface area contributed by atoms with Crippen LogP contribution >= 0.6 is 0 Å². The maximum absolute atomic E-state index is 12.9. The van der Waals surface area contributed by atoms with Gasteiger partial charge in [-0.2, -0.15) is 0 Å². The van der Waals surface area contributed by atoms with Crippen molar-refractivity contribution in [3.8, 4) is 0 Å². The number of fused-ring (bicyclic) bond motifs is 5. The standard InChI is InChI=1S/C17H25N3O8/c1-14(2)27-9-15(3,28-14)11(21)17-13(23)19-16(24,12(22)20-17)10(6-8-26-17)5-7-18-25-4/h5,7,11,21,24H,6,8-9H2,1-4H3,(H,19,23)(H,20,22)/b10-5+,18-7+/t11-,15+,16-,17+/m1/s1. The van der Waals surface area contributed by atoms with E-state index in [0.717, 1.165) is 0 Å². The van der Waals surface area contributed by atoms with E-state index in [4.69, 9.17) is 14.2 Å². The minimum Gasteiger partial charge on any atom is -0.399 e. The third-order valence-corrected chi connectivity index (χ3v) is 5.02. The molecule has 4 aliphatic rings. The van der Waals surface area contributed by atoms with Crippen LogP contribution in [0.2, 0.25) is 0 Å². The Hall–Kier alpha value is -2.05. The van der Waals surface area contributed by atoms with E-state index in [1.807, 2.05) is 0 Å². The van der Waals surface area contributed by atoms with E-state index in [1.165, 1.54) is 19.4 Å². The molecule has 11 heteroatoms. The molecule has 0 saturated carbocycles. The Balaban J connectivity index is 1.95. The number of rotatable bonds is 4. The zero-order chi connectivity index (χ0) is 20.8. The number of aliphatic hydroxyl groups is 2. The van der Waals surface area contributed by atoms with Gasteiger partial charge < -0.3 is 39.9 Å². The number of ether oxygens (including phenoxy) is 3. The van der Waals surface area contributed by atoms with E-state index >= 15 is 0 Å². The lowest BCUT2D eigenvalue weighted by Crippen LogP contribution is -2.82. The number of oxime groups is 1. The van der Waals surface area contributed by atoms with Gasteiger partial charge in [0.05, 0.1) is 19.4 Å². The molecule has 0 radical (unpaired) electrons. The number of nitrogens with zero attached hydrogens (tertiary/aromatic N) is 1. The van der Waals surface area contributed by atoms with E-state index in [-0.39, 0.29) is 25.2 Å². The summed E-state index contributed by atoms with van der Waals surface area (Å²) in [6.07, 6.45) is 1.06. The highest BCUT2D eigenvalue weighted by Crippen LogP contribution is 2.40. The lowest BCUT2D eigenvalue weighted by molar-refractivity contribution is -0.240. The van der Waals surface area contributed by atoms with Crippen LogP contribution in [0.5, 0.6) is 0 Å². The van der Waals surface area contributed by atoms with Crippen molar-refractivity contribution in [2.75, 3.05) is 20.3 Å². The van der Waals surface area contributed by atoms with E-state index < -0.39 is 40.8 Å². The van der Waals surface area contributed by atoms with Gasteiger partial charge in [-0.3, -0.25) is 9.59 Å². The van der Waals surface area contributed by atoms with Crippen LogP contribution in [0, 0.1) is 0 Å². The third-order valence-electron chi connectivity index (χ3n) is 5.02. The second kappa shape index (κ2) is 6.78. The van der Waals surface area contributed by atoms with Gasteiger partial charge in [-0.1, -0.05) is 5.16 Å². The SMILES string of the molecule is CO/N=C/C=C1\CCO[C@]2([C@H](O)[C@]3(C)COC(C)(C)O3)NC(=O)[C@@]1(O)NC2=O. The summed E-state index contributed by atoms with van der Waals surface area (Å²) in [4.78, 5) is 30.2. The number of hydrogen-bond donors (Lipinski definition) is 4. The number of aliphatic hydroxyl groups excluding tert-OH is 1. The largest absolute Gasteiger partial charge is 0.399 e. The topological polar surface area (TPSA) is 148 Å². The Kier molecular flexibility index (Phi) is 5.01. The van der Waals surface area contributed by atoms with Crippen molar-refractivity contribution in [1.82, 2.24) is 10.6 Å². The first-order chi connectivity index (χ1) is 13.0. The molecule has 11 nitrogen and oxygen atoms in total. The fourth-order valence-corrected chi connectivity index (χ4v) is 3.62. The molecule has 2 amide bonds. The quantitative estimate of drug-likeness (QED) is 0.330. The molecule has 4 fully saturated rings. The van der Waals surface area contributed by atoms with Crippen molar-refractivity contribution < 1.29 is 38.9 Å². The summed E-state index contributed by atoms with van der Waals surface area (Å²) in [7, 11) is 1.34. The van der Waals surface area contributed by atoms with Crippen molar-refractivity contribution in [1.29, 1.82) is 0 Å². The number of hydrogen-bond acceptors (Lipinski definition) is 9. The van der Waals surface area contributed by atoms with Gasteiger partial charge in [0.1, 0.15) is 18.8 Å². The van der Waals surface area contributed by atoms with Gasteiger partial charge in [0.2, 0.25) is 5.72 Å². The van der Waals surface area contributed by atoms with Gasteiger partial charge in [0.25, 0.3) is 17.5 Å². The Morgan fingerprint density at radius 3 is 2.54 bits per heavy atom. The van der Waals surface area contributed by atoms with Crippen LogP contribution in [0.4, 0.5) is 0 Å². The average molecular weight is 399 g/mol. The monoisotopic (exact) mass is 399 g/mol.